The van der Waals surface area contributed by atoms with Gasteiger partial charge in [0.05, 0.1) is 16.4 Å². The summed E-state index contributed by atoms with van der Waals surface area (Å²) in [5.41, 5.74) is -0.475. The molecule has 1 aromatic carbocycles. The zero-order valence-corrected chi connectivity index (χ0v) is 11.9. The lowest BCUT2D eigenvalue weighted by Gasteiger charge is -2.26. The molecule has 1 saturated heterocycles. The Morgan fingerprint density at radius 1 is 1.33 bits per heavy atom. The molecule has 0 amide bonds. The van der Waals surface area contributed by atoms with Crippen LogP contribution < -0.4 is 0 Å². The van der Waals surface area contributed by atoms with E-state index in [0.29, 0.717) is 18.7 Å². The summed E-state index contributed by atoms with van der Waals surface area (Å²) in [6, 6.07) is 4.09. The van der Waals surface area contributed by atoms with Gasteiger partial charge in [0.1, 0.15) is 5.56 Å². The van der Waals surface area contributed by atoms with Crippen LogP contribution in [0, 0.1) is 10.1 Å². The van der Waals surface area contributed by atoms with Crippen molar-refractivity contribution in [1.82, 2.24) is 4.90 Å². The van der Waals surface area contributed by atoms with E-state index in [2.05, 4.69) is 0 Å². The number of benzene rings is 1. The van der Waals surface area contributed by atoms with Crippen molar-refractivity contribution in [2.24, 2.45) is 0 Å². The Bertz CT molecular complexity index is 671. The maximum Gasteiger partial charge on any atom is 0.343 e. The number of carboxylic acids is 1. The molecule has 114 valence electrons. The van der Waals surface area contributed by atoms with Gasteiger partial charge in [-0.3, -0.25) is 15.0 Å². The number of carbonyl (C=O) groups is 1. The highest BCUT2D eigenvalue weighted by molar-refractivity contribution is 7.91. The molecule has 0 radical (unpaired) electrons. The van der Waals surface area contributed by atoms with Crippen molar-refractivity contribution in [1.29, 1.82) is 0 Å². The van der Waals surface area contributed by atoms with Gasteiger partial charge < -0.3 is 5.11 Å². The van der Waals surface area contributed by atoms with E-state index in [0.717, 1.165) is 6.07 Å². The Balaban J connectivity index is 2.26. The van der Waals surface area contributed by atoms with E-state index >= 15 is 0 Å². The number of hydrogen-bond acceptors (Lipinski definition) is 6. The maximum absolute atomic E-state index is 11.4. The first-order chi connectivity index (χ1) is 9.80. The summed E-state index contributed by atoms with van der Waals surface area (Å²) in [5, 5.41) is 20.1. The van der Waals surface area contributed by atoms with Crippen LogP contribution >= 0.6 is 0 Å². The first-order valence-electron chi connectivity index (χ1n) is 6.22. The van der Waals surface area contributed by atoms with Crippen LogP contribution in [0.25, 0.3) is 0 Å². The van der Waals surface area contributed by atoms with Gasteiger partial charge in [-0.05, 0) is 5.56 Å². The van der Waals surface area contributed by atoms with Crippen LogP contribution in [0.15, 0.2) is 18.2 Å². The van der Waals surface area contributed by atoms with Crippen LogP contribution in [0.1, 0.15) is 15.9 Å². The maximum atomic E-state index is 11.4. The van der Waals surface area contributed by atoms with Crippen molar-refractivity contribution in [2.75, 3.05) is 24.6 Å². The van der Waals surface area contributed by atoms with Crippen molar-refractivity contribution >= 4 is 21.5 Å². The third-order valence-corrected chi connectivity index (χ3v) is 4.98. The molecule has 0 aromatic heterocycles. The second-order valence-electron chi connectivity index (χ2n) is 4.80. The monoisotopic (exact) mass is 314 g/mol. The molecule has 21 heavy (non-hydrogen) atoms. The molecule has 1 aliphatic rings. The Morgan fingerprint density at radius 3 is 2.48 bits per heavy atom. The molecule has 1 heterocycles. The van der Waals surface area contributed by atoms with Crippen LogP contribution in [0.2, 0.25) is 0 Å². The average molecular weight is 314 g/mol. The largest absolute Gasteiger partial charge is 0.477 e. The minimum absolute atomic E-state index is 0.0182. The molecule has 0 bridgehead atoms. The van der Waals surface area contributed by atoms with Gasteiger partial charge in [-0.25, -0.2) is 13.2 Å². The van der Waals surface area contributed by atoms with Crippen LogP contribution in [0.5, 0.6) is 0 Å². The molecule has 0 aliphatic carbocycles. The Labute approximate surface area is 121 Å². The minimum Gasteiger partial charge on any atom is -0.477 e. The summed E-state index contributed by atoms with van der Waals surface area (Å²) in [4.78, 5) is 23.2. The Morgan fingerprint density at radius 2 is 1.95 bits per heavy atom. The SMILES string of the molecule is O=C(O)c1c(CN2CCS(=O)(=O)CC2)cccc1[N+](=O)[O-]. The molecular weight excluding hydrogens is 300 g/mol. The zero-order chi connectivity index (χ0) is 15.6. The van der Waals surface area contributed by atoms with Crippen LogP contribution in [-0.4, -0.2) is 53.9 Å². The average Bonchev–Trinajstić information content (AvgIpc) is 2.40. The van der Waals surface area contributed by atoms with Crippen LogP contribution in [0.3, 0.4) is 0 Å². The number of nitrogens with zero attached hydrogens (tertiary/aromatic N) is 2. The fourth-order valence-corrected chi connectivity index (χ4v) is 3.54. The van der Waals surface area contributed by atoms with Crippen molar-refractivity contribution in [3.63, 3.8) is 0 Å². The van der Waals surface area contributed by atoms with E-state index in [1.54, 1.807) is 4.90 Å². The lowest BCUT2D eigenvalue weighted by atomic mass is 10.0. The fourth-order valence-electron chi connectivity index (χ4n) is 2.27. The highest BCUT2D eigenvalue weighted by atomic mass is 32.2. The fraction of sp³-hybridized carbons (Fsp3) is 0.417. The molecule has 9 heteroatoms. The predicted octanol–water partition coefficient (Wildman–Crippen LogP) is 0.523. The van der Waals surface area contributed by atoms with E-state index < -0.39 is 26.4 Å². The van der Waals surface area contributed by atoms with Gasteiger partial charge >= 0.3 is 5.97 Å². The summed E-state index contributed by atoms with van der Waals surface area (Å²) in [6.45, 7) is 0.771. The number of sulfone groups is 1. The van der Waals surface area contributed by atoms with Crippen molar-refractivity contribution in [3.05, 3.63) is 39.4 Å². The summed E-state index contributed by atoms with van der Waals surface area (Å²) in [5.74, 6) is -1.32. The van der Waals surface area contributed by atoms with E-state index in [4.69, 9.17) is 0 Å². The molecular formula is C12H14N2O6S. The molecule has 0 unspecified atom stereocenters. The summed E-state index contributed by atoms with van der Waals surface area (Å²) in [6.07, 6.45) is 0. The summed E-state index contributed by atoms with van der Waals surface area (Å²) >= 11 is 0. The van der Waals surface area contributed by atoms with E-state index in [9.17, 15) is 28.4 Å². The van der Waals surface area contributed by atoms with E-state index in [1.165, 1.54) is 12.1 Å². The molecule has 1 fully saturated rings. The highest BCUT2D eigenvalue weighted by Crippen LogP contribution is 2.24. The van der Waals surface area contributed by atoms with Gasteiger partial charge in [0.2, 0.25) is 0 Å². The van der Waals surface area contributed by atoms with Gasteiger partial charge in [-0.2, -0.15) is 0 Å². The van der Waals surface area contributed by atoms with Gasteiger partial charge in [0.25, 0.3) is 5.69 Å². The van der Waals surface area contributed by atoms with Crippen LogP contribution in [0.4, 0.5) is 5.69 Å². The molecule has 0 spiro atoms. The molecule has 1 aromatic rings. The predicted molar refractivity (Wildman–Crippen MR) is 74.0 cm³/mol. The first kappa shape index (κ1) is 15.4. The topological polar surface area (TPSA) is 118 Å². The molecule has 8 nitrogen and oxygen atoms in total. The van der Waals surface area contributed by atoms with Gasteiger partial charge in [0.15, 0.2) is 9.84 Å². The summed E-state index contributed by atoms with van der Waals surface area (Å²) < 4.78 is 22.7. The molecule has 2 rings (SSSR count). The number of hydrogen-bond donors (Lipinski definition) is 1. The number of nitro benzene ring substituents is 1. The molecule has 0 atom stereocenters. The number of rotatable bonds is 4. The van der Waals surface area contributed by atoms with E-state index in [-0.39, 0.29) is 23.6 Å². The second-order valence-corrected chi connectivity index (χ2v) is 7.11. The van der Waals surface area contributed by atoms with Crippen LogP contribution in [-0.2, 0) is 16.4 Å². The number of carboxylic acid groups (broad SMARTS) is 1. The normalized spacial score (nSPS) is 18.3. The third kappa shape index (κ3) is 3.56. The van der Waals surface area contributed by atoms with Crippen molar-refractivity contribution in [3.8, 4) is 0 Å². The molecule has 1 N–H and O–H groups in total. The van der Waals surface area contributed by atoms with E-state index in [1.807, 2.05) is 0 Å². The standard InChI is InChI=1S/C12H14N2O6S/c15-12(16)11-9(2-1-3-10(11)14(17)18)8-13-4-6-21(19,20)7-5-13/h1-3H,4-8H2,(H,15,16). The van der Waals surface area contributed by atoms with Crippen molar-refractivity contribution < 1.29 is 23.2 Å². The second kappa shape index (κ2) is 5.78. The zero-order valence-electron chi connectivity index (χ0n) is 11.1. The number of aromatic carboxylic acids is 1. The Hall–Kier alpha value is -2.00. The first-order valence-corrected chi connectivity index (χ1v) is 8.04. The lowest BCUT2D eigenvalue weighted by Crippen LogP contribution is -2.39. The van der Waals surface area contributed by atoms with Crippen molar-refractivity contribution in [2.45, 2.75) is 6.54 Å². The number of nitro groups is 1. The van der Waals surface area contributed by atoms with Gasteiger partial charge in [-0.15, -0.1) is 0 Å². The smallest absolute Gasteiger partial charge is 0.343 e. The molecule has 0 saturated carbocycles. The third-order valence-electron chi connectivity index (χ3n) is 3.37. The van der Waals surface area contributed by atoms with Gasteiger partial charge in [-0.1, -0.05) is 12.1 Å². The lowest BCUT2D eigenvalue weighted by molar-refractivity contribution is -0.385. The Kier molecular flexibility index (Phi) is 4.24. The minimum atomic E-state index is -3.02. The molecule has 1 aliphatic heterocycles. The highest BCUT2D eigenvalue weighted by Gasteiger charge is 2.26. The van der Waals surface area contributed by atoms with Gasteiger partial charge in [0, 0.05) is 25.7 Å². The summed E-state index contributed by atoms with van der Waals surface area (Å²) in [7, 11) is -3.02. The quantitative estimate of drug-likeness (QED) is 0.636.